The smallest absolute Gasteiger partial charge is 0.253 e. The lowest BCUT2D eigenvalue weighted by Gasteiger charge is -2.21. The average Bonchev–Trinajstić information content (AvgIpc) is 3.22. The number of halogens is 3. The summed E-state index contributed by atoms with van der Waals surface area (Å²) in [6, 6.07) is 11.4. The normalized spacial score (nSPS) is 12.0. The first-order valence-electron chi connectivity index (χ1n) is 11.1. The minimum absolute atomic E-state index is 0.109. The van der Waals surface area contributed by atoms with Crippen molar-refractivity contribution in [1.82, 2.24) is 20.1 Å². The van der Waals surface area contributed by atoms with Crippen molar-refractivity contribution in [2.24, 2.45) is 5.92 Å². The highest BCUT2D eigenvalue weighted by Gasteiger charge is 2.25. The van der Waals surface area contributed by atoms with Crippen LogP contribution in [0.5, 0.6) is 0 Å². The van der Waals surface area contributed by atoms with E-state index in [1.165, 1.54) is 11.8 Å². The van der Waals surface area contributed by atoms with Crippen molar-refractivity contribution in [3.63, 3.8) is 0 Å². The van der Waals surface area contributed by atoms with E-state index in [0.29, 0.717) is 56.2 Å². The molecule has 2 amide bonds. The van der Waals surface area contributed by atoms with Crippen LogP contribution in [-0.4, -0.2) is 32.3 Å². The van der Waals surface area contributed by atoms with Gasteiger partial charge in [-0.2, -0.15) is 0 Å². The number of carbonyl (C=O) groups excluding carboxylic acids is 2. The van der Waals surface area contributed by atoms with Crippen molar-refractivity contribution >= 4 is 64.1 Å². The van der Waals surface area contributed by atoms with Gasteiger partial charge in [-0.3, -0.25) is 9.59 Å². The molecule has 3 aromatic rings. The summed E-state index contributed by atoms with van der Waals surface area (Å²) in [5, 5.41) is 16.3. The minimum Gasteiger partial charge on any atom is -0.342 e. The van der Waals surface area contributed by atoms with E-state index in [-0.39, 0.29) is 23.6 Å². The third-order valence-corrected chi connectivity index (χ3v) is 6.89. The molecule has 2 aromatic carbocycles. The van der Waals surface area contributed by atoms with E-state index >= 15 is 0 Å². The van der Waals surface area contributed by atoms with Crippen LogP contribution in [0.3, 0.4) is 0 Å². The highest BCUT2D eigenvalue weighted by molar-refractivity contribution is 7.99. The molecule has 186 valence electrons. The van der Waals surface area contributed by atoms with Gasteiger partial charge in [-0.1, -0.05) is 72.5 Å². The van der Waals surface area contributed by atoms with Gasteiger partial charge in [0.2, 0.25) is 5.91 Å². The van der Waals surface area contributed by atoms with E-state index in [1.807, 2.05) is 11.5 Å². The second-order valence-corrected chi connectivity index (χ2v) is 10.4. The molecule has 1 aromatic heterocycles. The molecule has 0 aliphatic heterocycles. The van der Waals surface area contributed by atoms with Gasteiger partial charge in [-0.25, -0.2) is 0 Å². The number of aromatic nitrogens is 3. The predicted octanol–water partition coefficient (Wildman–Crippen LogP) is 6.51. The molecule has 1 heterocycles. The number of anilines is 1. The summed E-state index contributed by atoms with van der Waals surface area (Å²) >= 11 is 19.5. The summed E-state index contributed by atoms with van der Waals surface area (Å²) in [7, 11) is 0. The Morgan fingerprint density at radius 2 is 1.80 bits per heavy atom. The molecule has 0 saturated carbocycles. The molecular formula is C24H26Cl3N5O2S. The maximum absolute atomic E-state index is 12.9. The Bertz CT molecular complexity index is 1200. The largest absolute Gasteiger partial charge is 0.342 e. The molecule has 35 heavy (non-hydrogen) atoms. The Morgan fingerprint density at radius 1 is 1.06 bits per heavy atom. The lowest BCUT2D eigenvalue weighted by Crippen LogP contribution is -2.31. The summed E-state index contributed by atoms with van der Waals surface area (Å²) in [5.74, 6) is 0.514. The lowest BCUT2D eigenvalue weighted by atomic mass is 10.0. The van der Waals surface area contributed by atoms with Gasteiger partial charge in [0.25, 0.3) is 5.91 Å². The van der Waals surface area contributed by atoms with Crippen LogP contribution in [0.1, 0.15) is 49.4 Å². The van der Waals surface area contributed by atoms with E-state index in [4.69, 9.17) is 34.8 Å². The van der Waals surface area contributed by atoms with E-state index < -0.39 is 0 Å². The molecule has 7 nitrogen and oxygen atoms in total. The lowest BCUT2D eigenvalue weighted by molar-refractivity contribution is -0.113. The number of nitrogens with one attached hydrogen (secondary N) is 2. The Morgan fingerprint density at radius 3 is 2.46 bits per heavy atom. The number of amides is 2. The zero-order valence-electron chi connectivity index (χ0n) is 19.5. The first kappa shape index (κ1) is 27.3. The van der Waals surface area contributed by atoms with Crippen molar-refractivity contribution in [3.8, 4) is 0 Å². The average molecular weight is 555 g/mol. The number of hydrogen-bond donors (Lipinski definition) is 2. The number of carbonyl (C=O) groups is 2. The second kappa shape index (κ2) is 12.6. The fourth-order valence-corrected chi connectivity index (χ4v) is 4.94. The van der Waals surface area contributed by atoms with Crippen LogP contribution < -0.4 is 10.6 Å². The number of nitrogens with zero attached hydrogens (tertiary/aromatic N) is 3. The molecule has 0 aliphatic rings. The summed E-state index contributed by atoms with van der Waals surface area (Å²) in [6.45, 7) is 6.69. The Labute approximate surface area is 223 Å². The van der Waals surface area contributed by atoms with E-state index in [0.717, 1.165) is 0 Å². The van der Waals surface area contributed by atoms with E-state index in [2.05, 4.69) is 34.7 Å². The van der Waals surface area contributed by atoms with Gasteiger partial charge in [0.05, 0.1) is 33.1 Å². The van der Waals surface area contributed by atoms with Gasteiger partial charge in [0.15, 0.2) is 11.0 Å². The summed E-state index contributed by atoms with van der Waals surface area (Å²) < 4.78 is 1.91. The van der Waals surface area contributed by atoms with Crippen molar-refractivity contribution < 1.29 is 9.59 Å². The van der Waals surface area contributed by atoms with Gasteiger partial charge in [-0.15, -0.1) is 10.2 Å². The fraction of sp³-hybridized carbons (Fsp3) is 0.333. The molecule has 0 unspecified atom stereocenters. The van der Waals surface area contributed by atoms with Crippen molar-refractivity contribution in [1.29, 1.82) is 0 Å². The monoisotopic (exact) mass is 553 g/mol. The zero-order valence-corrected chi connectivity index (χ0v) is 22.6. The quantitative estimate of drug-likeness (QED) is 0.279. The maximum Gasteiger partial charge on any atom is 0.253 e. The highest BCUT2D eigenvalue weighted by Crippen LogP contribution is 2.28. The van der Waals surface area contributed by atoms with Crippen molar-refractivity contribution in [3.05, 3.63) is 68.9 Å². The number of rotatable bonds is 10. The summed E-state index contributed by atoms with van der Waals surface area (Å²) in [6.07, 6.45) is 0.661. The summed E-state index contributed by atoms with van der Waals surface area (Å²) in [4.78, 5) is 25.4. The third-order valence-electron chi connectivity index (χ3n) is 5.04. The molecule has 11 heteroatoms. The highest BCUT2D eigenvalue weighted by atomic mass is 35.5. The standard InChI is InChI=1S/C24H26Cl3N5O2S/c1-4-32-22(20(11-14(2)3)29-23(34)16-7-5-6-8-17(16)26)30-31-24(32)35-13-21(33)28-19-10-9-15(25)12-18(19)27/h5-10,12,14,20H,4,11,13H2,1-3H3,(H,28,33)(H,29,34)/t20-/m1/s1. The van der Waals surface area contributed by atoms with Crippen LogP contribution in [0.2, 0.25) is 15.1 Å². The van der Waals surface area contributed by atoms with Crippen molar-refractivity contribution in [2.75, 3.05) is 11.1 Å². The molecule has 3 rings (SSSR count). The van der Waals surface area contributed by atoms with Crippen LogP contribution in [0.4, 0.5) is 5.69 Å². The van der Waals surface area contributed by atoms with Gasteiger partial charge in [0, 0.05) is 11.6 Å². The topological polar surface area (TPSA) is 88.9 Å². The molecule has 0 aliphatic carbocycles. The minimum atomic E-state index is -0.373. The van der Waals surface area contributed by atoms with Crippen LogP contribution in [-0.2, 0) is 11.3 Å². The van der Waals surface area contributed by atoms with Gasteiger partial charge >= 0.3 is 0 Å². The molecule has 0 bridgehead atoms. The molecular weight excluding hydrogens is 529 g/mol. The third kappa shape index (κ3) is 7.36. The maximum atomic E-state index is 12.9. The van der Waals surface area contributed by atoms with Crippen molar-refractivity contribution in [2.45, 2.75) is 44.9 Å². The molecule has 2 N–H and O–H groups in total. The number of thioether (sulfide) groups is 1. The Balaban J connectivity index is 1.74. The molecule has 0 fully saturated rings. The van der Waals surface area contributed by atoms with Gasteiger partial charge in [0.1, 0.15) is 0 Å². The van der Waals surface area contributed by atoms with Crippen LogP contribution in [0, 0.1) is 5.92 Å². The van der Waals surface area contributed by atoms with Gasteiger partial charge in [-0.05, 0) is 49.6 Å². The van der Waals surface area contributed by atoms with Crippen LogP contribution in [0.25, 0.3) is 0 Å². The van der Waals surface area contributed by atoms with Crippen LogP contribution >= 0.6 is 46.6 Å². The molecule has 0 spiro atoms. The number of benzene rings is 2. The molecule has 1 atom stereocenters. The van der Waals surface area contributed by atoms with Crippen LogP contribution in [0.15, 0.2) is 47.6 Å². The first-order chi connectivity index (χ1) is 16.7. The van der Waals surface area contributed by atoms with E-state index in [9.17, 15) is 9.59 Å². The molecule has 0 radical (unpaired) electrons. The van der Waals surface area contributed by atoms with E-state index in [1.54, 1.807) is 42.5 Å². The fourth-order valence-electron chi connectivity index (χ4n) is 3.45. The second-order valence-electron chi connectivity index (χ2n) is 8.18. The Hall–Kier alpha value is -2.26. The predicted molar refractivity (Wildman–Crippen MR) is 143 cm³/mol. The van der Waals surface area contributed by atoms with Gasteiger partial charge < -0.3 is 15.2 Å². The Kier molecular flexibility index (Phi) is 9.86. The SMILES string of the molecule is CCn1c(SCC(=O)Nc2ccc(Cl)cc2Cl)nnc1[C@@H](CC(C)C)NC(=O)c1ccccc1Cl. The summed E-state index contributed by atoms with van der Waals surface area (Å²) in [5.41, 5.74) is 0.885. The molecule has 0 saturated heterocycles. The zero-order chi connectivity index (χ0) is 25.5. The number of hydrogen-bond acceptors (Lipinski definition) is 5. The first-order valence-corrected chi connectivity index (χ1v) is 13.2.